The lowest BCUT2D eigenvalue weighted by Crippen LogP contribution is -2.40. The van der Waals surface area contributed by atoms with Crippen molar-refractivity contribution in [1.82, 2.24) is 4.57 Å². The van der Waals surface area contributed by atoms with Crippen molar-refractivity contribution in [3.05, 3.63) is 126 Å². The molecule has 0 spiro atoms. The lowest BCUT2D eigenvalue weighted by atomic mass is 9.93. The first-order valence-electron chi connectivity index (χ1n) is 12.2. The Kier molecular flexibility index (Phi) is 7.31. The van der Waals surface area contributed by atoms with Gasteiger partial charge in [0.1, 0.15) is 0 Å². The Morgan fingerprint density at radius 2 is 1.74 bits per heavy atom. The molecule has 1 aliphatic rings. The van der Waals surface area contributed by atoms with Crippen LogP contribution in [0.4, 0.5) is 5.69 Å². The predicted molar refractivity (Wildman–Crippen MR) is 153 cm³/mol. The van der Waals surface area contributed by atoms with E-state index in [4.69, 9.17) is 21.3 Å². The number of fused-ring (bicyclic) bond motifs is 1. The second-order valence-corrected chi connectivity index (χ2v) is 10.4. The lowest BCUT2D eigenvalue weighted by molar-refractivity contribution is -0.138. The van der Waals surface area contributed by atoms with E-state index in [1.807, 2.05) is 91.8 Å². The highest BCUT2D eigenvalue weighted by Crippen LogP contribution is 2.35. The maximum Gasteiger partial charge on any atom is 0.338 e. The van der Waals surface area contributed by atoms with Gasteiger partial charge >= 0.3 is 5.97 Å². The van der Waals surface area contributed by atoms with Crippen LogP contribution in [0.2, 0.25) is 5.02 Å². The number of aromatic nitrogens is 1. The van der Waals surface area contributed by atoms with E-state index in [1.165, 1.54) is 11.3 Å². The van der Waals surface area contributed by atoms with Gasteiger partial charge in [-0.05, 0) is 48.4 Å². The topological polar surface area (TPSA) is 63.9 Å². The molecule has 0 saturated heterocycles. The quantitative estimate of drug-likeness (QED) is 0.332. The van der Waals surface area contributed by atoms with E-state index >= 15 is 0 Å². The highest BCUT2D eigenvalue weighted by molar-refractivity contribution is 7.07. The van der Waals surface area contributed by atoms with Crippen LogP contribution < -0.4 is 19.8 Å². The minimum absolute atomic E-state index is 0.200. The second kappa shape index (κ2) is 10.8. The number of halogens is 1. The number of carbonyl (C=O) groups is 1. The molecule has 4 aromatic rings. The van der Waals surface area contributed by atoms with Crippen molar-refractivity contribution in [2.45, 2.75) is 13.0 Å². The van der Waals surface area contributed by atoms with Gasteiger partial charge in [-0.1, -0.05) is 77.5 Å². The third-order valence-electron chi connectivity index (χ3n) is 6.27. The van der Waals surface area contributed by atoms with E-state index in [9.17, 15) is 9.59 Å². The number of carbonyl (C=O) groups excluding carboxylic acids is 1. The first-order chi connectivity index (χ1) is 18.4. The molecule has 6 nitrogen and oxygen atoms in total. The van der Waals surface area contributed by atoms with E-state index < -0.39 is 12.0 Å². The van der Waals surface area contributed by atoms with E-state index in [1.54, 1.807) is 23.6 Å². The minimum atomic E-state index is -0.726. The summed E-state index contributed by atoms with van der Waals surface area (Å²) >= 11 is 7.48. The van der Waals surface area contributed by atoms with Crippen LogP contribution in [0.5, 0.6) is 0 Å². The zero-order valence-corrected chi connectivity index (χ0v) is 22.8. The maximum atomic E-state index is 13.9. The maximum absolute atomic E-state index is 13.9. The number of esters is 1. The molecular weight excluding hydrogens is 518 g/mol. The Morgan fingerprint density at radius 1 is 1.05 bits per heavy atom. The van der Waals surface area contributed by atoms with Crippen LogP contribution in [-0.2, 0) is 9.53 Å². The van der Waals surface area contributed by atoms with Crippen LogP contribution in [0.1, 0.15) is 29.7 Å². The van der Waals surface area contributed by atoms with Crippen molar-refractivity contribution in [3.8, 4) is 0 Å². The Bertz CT molecular complexity index is 1690. The first-order valence-corrected chi connectivity index (χ1v) is 13.4. The molecule has 0 amide bonds. The minimum Gasteiger partial charge on any atom is -0.463 e. The number of hydrogen-bond donors (Lipinski definition) is 0. The molecule has 8 heteroatoms. The molecule has 1 aromatic heterocycles. The van der Waals surface area contributed by atoms with Crippen molar-refractivity contribution >= 4 is 46.4 Å². The summed E-state index contributed by atoms with van der Waals surface area (Å²) in [4.78, 5) is 34.7. The van der Waals surface area contributed by atoms with Gasteiger partial charge in [0, 0.05) is 30.4 Å². The van der Waals surface area contributed by atoms with Gasteiger partial charge in [-0.15, -0.1) is 0 Å². The molecule has 1 atom stereocenters. The number of benzene rings is 3. The highest BCUT2D eigenvalue weighted by atomic mass is 35.5. The van der Waals surface area contributed by atoms with Gasteiger partial charge in [0.15, 0.2) is 4.80 Å². The Hall–Kier alpha value is -3.94. The summed E-state index contributed by atoms with van der Waals surface area (Å²) in [7, 11) is 3.96. The fourth-order valence-corrected chi connectivity index (χ4v) is 5.55. The summed E-state index contributed by atoms with van der Waals surface area (Å²) in [5, 5.41) is 0.562. The van der Waals surface area contributed by atoms with Gasteiger partial charge in [0.25, 0.3) is 5.56 Å². The molecule has 38 heavy (non-hydrogen) atoms. The SMILES string of the molecule is CCOC(=O)C1=C(c2ccccc2)N=c2s/c(=C/c3ccc(N(C)C)cc3)c(=O)n2[C@H]1c1ccc(Cl)cc1. The molecule has 2 heterocycles. The number of anilines is 1. The number of nitrogens with zero attached hydrogens (tertiary/aromatic N) is 3. The average molecular weight is 544 g/mol. The summed E-state index contributed by atoms with van der Waals surface area (Å²) in [6, 6.07) is 23.9. The molecule has 0 bridgehead atoms. The zero-order chi connectivity index (χ0) is 26.8. The molecule has 0 fully saturated rings. The zero-order valence-electron chi connectivity index (χ0n) is 21.2. The Morgan fingerprint density at radius 3 is 2.37 bits per heavy atom. The number of rotatable bonds is 6. The molecule has 3 aromatic carbocycles. The molecule has 0 radical (unpaired) electrons. The van der Waals surface area contributed by atoms with Gasteiger partial charge < -0.3 is 9.64 Å². The normalized spacial score (nSPS) is 15.2. The Balaban J connectivity index is 1.78. The third kappa shape index (κ3) is 4.95. The Labute approximate surface area is 229 Å². The lowest BCUT2D eigenvalue weighted by Gasteiger charge is -2.25. The molecule has 0 saturated carbocycles. The van der Waals surface area contributed by atoms with Crippen molar-refractivity contribution in [2.24, 2.45) is 4.99 Å². The van der Waals surface area contributed by atoms with Gasteiger partial charge in [0.2, 0.25) is 0 Å². The van der Waals surface area contributed by atoms with E-state index in [-0.39, 0.29) is 12.2 Å². The summed E-state index contributed by atoms with van der Waals surface area (Å²) in [5.41, 5.74) is 4.06. The van der Waals surface area contributed by atoms with Crippen LogP contribution in [0.3, 0.4) is 0 Å². The largest absolute Gasteiger partial charge is 0.463 e. The fraction of sp³-hybridized carbons (Fsp3) is 0.167. The van der Waals surface area contributed by atoms with Crippen molar-refractivity contribution in [3.63, 3.8) is 0 Å². The molecule has 5 rings (SSSR count). The van der Waals surface area contributed by atoms with Crippen molar-refractivity contribution < 1.29 is 9.53 Å². The molecule has 1 aliphatic heterocycles. The van der Waals surface area contributed by atoms with Gasteiger partial charge in [-0.3, -0.25) is 9.36 Å². The molecule has 0 aliphatic carbocycles. The summed E-state index contributed by atoms with van der Waals surface area (Å²) in [6.07, 6.45) is 1.86. The first kappa shape index (κ1) is 25.7. The van der Waals surface area contributed by atoms with Crippen LogP contribution in [-0.4, -0.2) is 31.2 Å². The number of hydrogen-bond acceptors (Lipinski definition) is 6. The number of ether oxygens (including phenoxy) is 1. The summed E-state index contributed by atoms with van der Waals surface area (Å²) in [6.45, 7) is 1.96. The van der Waals surface area contributed by atoms with Gasteiger partial charge in [-0.2, -0.15) is 0 Å². The molecular formula is C30H26ClN3O3S. The monoisotopic (exact) mass is 543 g/mol. The van der Waals surface area contributed by atoms with Gasteiger partial charge in [-0.25, -0.2) is 9.79 Å². The third-order valence-corrected chi connectivity index (χ3v) is 7.50. The predicted octanol–water partition coefficient (Wildman–Crippen LogP) is 4.66. The molecule has 0 N–H and O–H groups in total. The number of thiazole rings is 1. The van der Waals surface area contributed by atoms with Crippen LogP contribution in [0.15, 0.2) is 94.2 Å². The van der Waals surface area contributed by atoms with E-state index in [2.05, 4.69) is 0 Å². The fourth-order valence-electron chi connectivity index (χ4n) is 4.42. The smallest absolute Gasteiger partial charge is 0.338 e. The molecule has 192 valence electrons. The summed E-state index contributed by atoms with van der Waals surface area (Å²) < 4.78 is 7.61. The van der Waals surface area contributed by atoms with E-state index in [0.717, 1.165) is 22.4 Å². The van der Waals surface area contributed by atoms with Gasteiger partial charge in [0.05, 0.1) is 28.5 Å². The second-order valence-electron chi connectivity index (χ2n) is 8.97. The van der Waals surface area contributed by atoms with Crippen molar-refractivity contribution in [1.29, 1.82) is 0 Å². The highest BCUT2D eigenvalue weighted by Gasteiger charge is 2.35. The van der Waals surface area contributed by atoms with Crippen LogP contribution in [0.25, 0.3) is 11.8 Å². The standard InChI is InChI=1S/C30H26ClN3O3S/c1-4-37-29(36)25-26(20-8-6-5-7-9-20)32-30-34(27(25)21-12-14-22(31)15-13-21)28(35)24(38-30)18-19-10-16-23(17-11-19)33(2)3/h5-18,27H,4H2,1-3H3/b24-18+/t27-/m0/s1. The van der Waals surface area contributed by atoms with Crippen LogP contribution in [0, 0.1) is 0 Å². The summed E-state index contributed by atoms with van der Waals surface area (Å²) in [5.74, 6) is -0.511. The van der Waals surface area contributed by atoms with Crippen LogP contribution >= 0.6 is 22.9 Å². The average Bonchev–Trinajstić information content (AvgIpc) is 3.23. The molecule has 0 unspecified atom stereocenters. The van der Waals surface area contributed by atoms with E-state index in [0.29, 0.717) is 25.6 Å². The van der Waals surface area contributed by atoms with Crippen molar-refractivity contribution in [2.75, 3.05) is 25.6 Å².